The van der Waals surface area contributed by atoms with Crippen molar-refractivity contribution in [2.24, 2.45) is 5.73 Å². The van der Waals surface area contributed by atoms with Crippen molar-refractivity contribution in [3.05, 3.63) is 29.6 Å². The monoisotopic (exact) mass is 347 g/mol. The first-order chi connectivity index (χ1) is 9.87. The van der Waals surface area contributed by atoms with Crippen molar-refractivity contribution in [2.45, 2.75) is 43.2 Å². The number of hydrogen-bond acceptors (Lipinski definition) is 4. The van der Waals surface area contributed by atoms with Crippen LogP contribution in [0, 0.1) is 17.1 Å². The lowest BCUT2D eigenvalue weighted by Crippen LogP contribution is -2.51. The molecule has 0 amide bonds. The third-order valence-corrected chi connectivity index (χ3v) is 5.69. The molecule has 0 bridgehead atoms. The molecule has 2 rings (SSSR count). The van der Waals surface area contributed by atoms with E-state index in [1.165, 1.54) is 10.4 Å². The molecule has 22 heavy (non-hydrogen) atoms. The largest absolute Gasteiger partial charge is 0.326 e. The van der Waals surface area contributed by atoms with Gasteiger partial charge in [-0.2, -0.15) is 9.57 Å². The highest BCUT2D eigenvalue weighted by Gasteiger charge is 2.35. The SMILES string of the molecule is CC(N)C1CCCCN1S(=O)(=O)c1ccc(F)c(C#N)c1.Cl. The molecule has 1 aliphatic heterocycles. The molecule has 1 fully saturated rings. The number of hydrogen-bond donors (Lipinski definition) is 1. The molecule has 0 radical (unpaired) electrons. The van der Waals surface area contributed by atoms with Crippen LogP contribution in [0.2, 0.25) is 0 Å². The summed E-state index contributed by atoms with van der Waals surface area (Å²) in [4.78, 5) is -0.0620. The maximum absolute atomic E-state index is 13.4. The molecule has 2 unspecified atom stereocenters. The second kappa shape index (κ2) is 7.38. The summed E-state index contributed by atoms with van der Waals surface area (Å²) in [6.07, 6.45) is 2.42. The van der Waals surface area contributed by atoms with Crippen molar-refractivity contribution in [2.75, 3.05) is 6.54 Å². The van der Waals surface area contributed by atoms with E-state index >= 15 is 0 Å². The number of nitrogens with two attached hydrogens (primary N) is 1. The molecular weight excluding hydrogens is 329 g/mol. The van der Waals surface area contributed by atoms with Gasteiger partial charge in [-0.1, -0.05) is 6.42 Å². The number of halogens is 2. The predicted octanol–water partition coefficient (Wildman–Crippen LogP) is 2.01. The van der Waals surface area contributed by atoms with Gasteiger partial charge < -0.3 is 5.73 Å². The average Bonchev–Trinajstić information content (AvgIpc) is 2.47. The van der Waals surface area contributed by atoms with Gasteiger partial charge in [-0.05, 0) is 38.0 Å². The summed E-state index contributed by atoms with van der Waals surface area (Å²) >= 11 is 0. The molecule has 0 aromatic heterocycles. The molecule has 2 atom stereocenters. The van der Waals surface area contributed by atoms with Crippen molar-refractivity contribution in [3.8, 4) is 6.07 Å². The maximum Gasteiger partial charge on any atom is 0.243 e. The number of rotatable bonds is 3. The van der Waals surface area contributed by atoms with Crippen LogP contribution in [0.4, 0.5) is 4.39 Å². The van der Waals surface area contributed by atoms with E-state index in [0.717, 1.165) is 25.0 Å². The first-order valence-electron chi connectivity index (χ1n) is 6.85. The first-order valence-corrected chi connectivity index (χ1v) is 8.29. The molecule has 0 aliphatic carbocycles. The van der Waals surface area contributed by atoms with Crippen molar-refractivity contribution in [1.82, 2.24) is 4.31 Å². The lowest BCUT2D eigenvalue weighted by atomic mass is 10.00. The van der Waals surface area contributed by atoms with E-state index in [1.807, 2.05) is 0 Å². The molecular formula is C14H19ClFN3O2S. The van der Waals surface area contributed by atoms with Gasteiger partial charge in [0.15, 0.2) is 0 Å². The Bertz CT molecular complexity index is 673. The Morgan fingerprint density at radius 3 is 2.73 bits per heavy atom. The Morgan fingerprint density at radius 1 is 1.45 bits per heavy atom. The highest BCUT2D eigenvalue weighted by atomic mass is 35.5. The van der Waals surface area contributed by atoms with Gasteiger partial charge in [0, 0.05) is 18.6 Å². The topological polar surface area (TPSA) is 87.2 Å². The third-order valence-electron chi connectivity index (χ3n) is 3.77. The minimum atomic E-state index is -3.77. The third kappa shape index (κ3) is 3.58. The van der Waals surface area contributed by atoms with Crippen molar-refractivity contribution in [3.63, 3.8) is 0 Å². The molecule has 122 valence electrons. The molecule has 1 heterocycles. The average molecular weight is 348 g/mol. The van der Waals surface area contributed by atoms with E-state index in [4.69, 9.17) is 11.0 Å². The molecule has 5 nitrogen and oxygen atoms in total. The van der Waals surface area contributed by atoms with Crippen LogP contribution in [-0.4, -0.2) is 31.4 Å². The summed E-state index contributed by atoms with van der Waals surface area (Å²) in [6, 6.07) is 4.40. The molecule has 2 N–H and O–H groups in total. The highest BCUT2D eigenvalue weighted by Crippen LogP contribution is 2.27. The second-order valence-electron chi connectivity index (χ2n) is 5.29. The molecule has 1 aliphatic rings. The fourth-order valence-electron chi connectivity index (χ4n) is 2.64. The van der Waals surface area contributed by atoms with Crippen LogP contribution < -0.4 is 5.73 Å². The zero-order chi connectivity index (χ0) is 15.6. The van der Waals surface area contributed by atoms with E-state index in [9.17, 15) is 12.8 Å². The van der Waals surface area contributed by atoms with Gasteiger partial charge in [0.25, 0.3) is 0 Å². The number of nitrogens with zero attached hydrogens (tertiary/aromatic N) is 2. The molecule has 1 aromatic carbocycles. The van der Waals surface area contributed by atoms with Crippen LogP contribution in [0.1, 0.15) is 31.7 Å². The van der Waals surface area contributed by atoms with Gasteiger partial charge in [0.1, 0.15) is 11.9 Å². The van der Waals surface area contributed by atoms with Crippen molar-refractivity contribution < 1.29 is 12.8 Å². The van der Waals surface area contributed by atoms with Crippen LogP contribution in [0.5, 0.6) is 0 Å². The van der Waals surface area contributed by atoms with Crippen LogP contribution >= 0.6 is 12.4 Å². The summed E-state index contributed by atoms with van der Waals surface area (Å²) in [5.74, 6) is -0.723. The van der Waals surface area contributed by atoms with E-state index < -0.39 is 15.8 Å². The Morgan fingerprint density at radius 2 is 2.14 bits per heavy atom. The minimum absolute atomic E-state index is 0. The van der Waals surface area contributed by atoms with Gasteiger partial charge in [-0.3, -0.25) is 0 Å². The first kappa shape index (κ1) is 18.8. The molecule has 0 saturated carbocycles. The fourth-order valence-corrected chi connectivity index (χ4v) is 4.44. The smallest absolute Gasteiger partial charge is 0.243 e. The van der Waals surface area contributed by atoms with Crippen LogP contribution in [-0.2, 0) is 10.0 Å². The molecule has 8 heteroatoms. The number of benzene rings is 1. The second-order valence-corrected chi connectivity index (χ2v) is 7.18. The number of nitriles is 1. The summed E-state index contributed by atoms with van der Waals surface area (Å²) in [6.45, 7) is 2.18. The van der Waals surface area contributed by atoms with Gasteiger partial charge in [0.05, 0.1) is 10.5 Å². The molecule has 0 spiro atoms. The van der Waals surface area contributed by atoms with E-state index in [-0.39, 0.29) is 34.9 Å². The Balaban J connectivity index is 0.00000242. The standard InChI is InChI=1S/C14H18FN3O2S.ClH/c1-10(17)14-4-2-3-7-18(14)21(19,20)12-5-6-13(15)11(8-12)9-16;/h5-6,8,10,14H,2-4,7,17H2,1H3;1H. The normalized spacial score (nSPS) is 20.7. The summed E-state index contributed by atoms with van der Waals surface area (Å²) in [7, 11) is -3.77. The predicted molar refractivity (Wildman–Crippen MR) is 83.5 cm³/mol. The van der Waals surface area contributed by atoms with E-state index in [0.29, 0.717) is 13.0 Å². The number of piperidine rings is 1. The van der Waals surface area contributed by atoms with Crippen LogP contribution in [0.15, 0.2) is 23.1 Å². The van der Waals surface area contributed by atoms with Crippen molar-refractivity contribution >= 4 is 22.4 Å². The van der Waals surface area contributed by atoms with Crippen LogP contribution in [0.25, 0.3) is 0 Å². The minimum Gasteiger partial charge on any atom is -0.326 e. The zero-order valence-corrected chi connectivity index (χ0v) is 13.8. The Labute approximate surface area is 136 Å². The lowest BCUT2D eigenvalue weighted by molar-refractivity contribution is 0.227. The zero-order valence-electron chi connectivity index (χ0n) is 12.2. The lowest BCUT2D eigenvalue weighted by Gasteiger charge is -2.36. The van der Waals surface area contributed by atoms with Crippen molar-refractivity contribution in [1.29, 1.82) is 5.26 Å². The van der Waals surface area contributed by atoms with Crippen LogP contribution in [0.3, 0.4) is 0 Å². The maximum atomic E-state index is 13.4. The fraction of sp³-hybridized carbons (Fsp3) is 0.500. The van der Waals surface area contributed by atoms with E-state index in [2.05, 4.69) is 0 Å². The molecule has 1 aromatic rings. The van der Waals surface area contributed by atoms with Gasteiger partial charge in [-0.15, -0.1) is 12.4 Å². The Hall–Kier alpha value is -1.20. The highest BCUT2D eigenvalue weighted by molar-refractivity contribution is 7.89. The Kier molecular flexibility index (Phi) is 6.32. The quantitative estimate of drug-likeness (QED) is 0.906. The summed E-state index contributed by atoms with van der Waals surface area (Å²) in [5, 5.41) is 8.84. The van der Waals surface area contributed by atoms with Gasteiger partial charge in [0.2, 0.25) is 10.0 Å². The van der Waals surface area contributed by atoms with Gasteiger partial charge in [-0.25, -0.2) is 12.8 Å². The molecule has 1 saturated heterocycles. The van der Waals surface area contributed by atoms with E-state index in [1.54, 1.807) is 13.0 Å². The summed E-state index contributed by atoms with van der Waals surface area (Å²) < 4.78 is 40.2. The number of sulfonamides is 1. The summed E-state index contributed by atoms with van der Waals surface area (Å²) in [5.41, 5.74) is 5.62. The van der Waals surface area contributed by atoms with Gasteiger partial charge >= 0.3 is 0 Å².